The number of carbonyl (C=O) groups is 1. The van der Waals surface area contributed by atoms with Gasteiger partial charge < -0.3 is 14.8 Å². The molecule has 154 valence electrons. The molecule has 7 nitrogen and oxygen atoms in total. The molecule has 0 atom stereocenters. The fourth-order valence-corrected chi connectivity index (χ4v) is 2.77. The Morgan fingerprint density at radius 3 is 2.43 bits per heavy atom. The number of hydrogen-bond acceptors (Lipinski definition) is 5. The van der Waals surface area contributed by atoms with Gasteiger partial charge in [0.25, 0.3) is 5.91 Å². The maximum absolute atomic E-state index is 12.7. The summed E-state index contributed by atoms with van der Waals surface area (Å²) < 4.78 is 10.5. The maximum Gasteiger partial charge on any atom is 0.257 e. The number of aromatic nitrogens is 1. The third kappa shape index (κ3) is 5.71. The Morgan fingerprint density at radius 1 is 1.03 bits per heavy atom. The number of nitrogens with one attached hydrogen (secondary N) is 2. The van der Waals surface area contributed by atoms with Crippen LogP contribution < -0.4 is 20.1 Å². The molecule has 3 aromatic rings. The van der Waals surface area contributed by atoms with Crippen LogP contribution in [0.5, 0.6) is 11.5 Å². The van der Waals surface area contributed by atoms with Crippen LogP contribution in [0.25, 0.3) is 0 Å². The summed E-state index contributed by atoms with van der Waals surface area (Å²) in [6, 6.07) is 15.6. The van der Waals surface area contributed by atoms with Gasteiger partial charge in [-0.25, -0.2) is 4.99 Å². The first kappa shape index (κ1) is 21.1. The Morgan fingerprint density at radius 2 is 1.77 bits per heavy atom. The smallest absolute Gasteiger partial charge is 0.257 e. The van der Waals surface area contributed by atoms with Crippen molar-refractivity contribution in [3.05, 3.63) is 83.1 Å². The van der Waals surface area contributed by atoms with E-state index < -0.39 is 0 Å². The number of hydrogen-bond donors (Lipinski definition) is 2. The minimum atomic E-state index is -0.320. The fraction of sp³-hybridized carbons (Fsp3) is 0.136. The molecule has 2 aromatic carbocycles. The molecule has 0 spiro atoms. The lowest BCUT2D eigenvalue weighted by atomic mass is 10.2. The molecule has 0 saturated carbocycles. The molecule has 30 heavy (non-hydrogen) atoms. The first-order valence-corrected chi connectivity index (χ1v) is 9.46. The van der Waals surface area contributed by atoms with Gasteiger partial charge in [0.1, 0.15) is 11.5 Å². The van der Waals surface area contributed by atoms with Crippen molar-refractivity contribution in [2.24, 2.45) is 4.99 Å². The van der Waals surface area contributed by atoms with Gasteiger partial charge >= 0.3 is 0 Å². The van der Waals surface area contributed by atoms with E-state index in [4.69, 9.17) is 21.1 Å². The summed E-state index contributed by atoms with van der Waals surface area (Å²) in [6.07, 6.45) is 3.38. The topological polar surface area (TPSA) is 84.8 Å². The summed E-state index contributed by atoms with van der Waals surface area (Å²) >= 11 is 6.12. The summed E-state index contributed by atoms with van der Waals surface area (Å²) in [4.78, 5) is 21.3. The number of nitrogens with zero attached hydrogens (tertiary/aromatic N) is 2. The third-order valence-corrected chi connectivity index (χ3v) is 4.40. The molecule has 0 fully saturated rings. The minimum Gasteiger partial charge on any atom is -0.497 e. The summed E-state index contributed by atoms with van der Waals surface area (Å²) in [6.45, 7) is 0.344. The standard InChI is InChI=1S/C22H21ClN4O3/c1-29-18-6-3-16(4-7-18)21(28)27-22(25-14-15-9-11-24-12-10-15)26-19-13-17(23)5-8-20(19)30-2/h3-13H,14H2,1-2H3,(H2,25,26,27,28). The molecular formula is C22H21ClN4O3. The van der Waals surface area contributed by atoms with Gasteiger partial charge in [-0.2, -0.15) is 0 Å². The number of anilines is 1. The van der Waals surface area contributed by atoms with Crippen LogP contribution in [-0.4, -0.2) is 31.1 Å². The highest BCUT2D eigenvalue weighted by molar-refractivity contribution is 6.31. The highest BCUT2D eigenvalue weighted by Gasteiger charge is 2.12. The SMILES string of the molecule is COc1ccc(C(=O)NC(=NCc2ccncc2)Nc2cc(Cl)ccc2OC)cc1. The Hall–Kier alpha value is -3.58. The Bertz CT molecular complexity index is 1020. The molecule has 8 heteroatoms. The molecule has 0 bridgehead atoms. The second-order valence-corrected chi connectivity index (χ2v) is 6.61. The number of guanidine groups is 1. The predicted octanol–water partition coefficient (Wildman–Crippen LogP) is 4.15. The number of amides is 1. The molecular weight excluding hydrogens is 404 g/mol. The summed E-state index contributed by atoms with van der Waals surface area (Å²) in [5.74, 6) is 1.17. The average molecular weight is 425 g/mol. The zero-order valence-electron chi connectivity index (χ0n) is 16.6. The zero-order chi connectivity index (χ0) is 21.3. The molecule has 1 amide bonds. The predicted molar refractivity (Wildman–Crippen MR) is 117 cm³/mol. The number of benzene rings is 2. The van der Waals surface area contributed by atoms with E-state index >= 15 is 0 Å². The van der Waals surface area contributed by atoms with Crippen LogP contribution in [0.15, 0.2) is 72.0 Å². The van der Waals surface area contributed by atoms with Crippen molar-refractivity contribution in [1.82, 2.24) is 10.3 Å². The van der Waals surface area contributed by atoms with Gasteiger partial charge in [0.05, 0.1) is 26.5 Å². The number of pyridine rings is 1. The fourth-order valence-electron chi connectivity index (χ4n) is 2.60. The number of methoxy groups -OCH3 is 2. The molecule has 2 N–H and O–H groups in total. The number of ether oxygens (including phenoxy) is 2. The van der Waals surface area contributed by atoms with Crippen LogP contribution >= 0.6 is 11.6 Å². The molecule has 1 heterocycles. The molecule has 0 unspecified atom stereocenters. The first-order chi connectivity index (χ1) is 14.6. The molecule has 0 radical (unpaired) electrons. The molecule has 0 aliphatic rings. The largest absolute Gasteiger partial charge is 0.497 e. The Kier molecular flexibility index (Phi) is 7.24. The van der Waals surface area contributed by atoms with Crippen LogP contribution in [0.2, 0.25) is 5.02 Å². The van der Waals surface area contributed by atoms with E-state index in [2.05, 4.69) is 20.6 Å². The maximum atomic E-state index is 12.7. The van der Waals surface area contributed by atoms with Crippen LogP contribution in [0.3, 0.4) is 0 Å². The van der Waals surface area contributed by atoms with E-state index in [1.54, 1.807) is 69.1 Å². The van der Waals surface area contributed by atoms with Gasteiger partial charge in [-0.15, -0.1) is 0 Å². The van der Waals surface area contributed by atoms with Crippen molar-refractivity contribution in [3.8, 4) is 11.5 Å². The number of halogens is 1. The molecule has 0 aliphatic carbocycles. The van der Waals surface area contributed by atoms with Crippen molar-refractivity contribution < 1.29 is 14.3 Å². The molecule has 1 aromatic heterocycles. The number of rotatable bonds is 6. The minimum absolute atomic E-state index is 0.258. The number of aliphatic imine (C=N–C) groups is 1. The van der Waals surface area contributed by atoms with Crippen LogP contribution in [0, 0.1) is 0 Å². The highest BCUT2D eigenvalue weighted by atomic mass is 35.5. The lowest BCUT2D eigenvalue weighted by Crippen LogP contribution is -2.36. The lowest BCUT2D eigenvalue weighted by Gasteiger charge is -2.15. The van der Waals surface area contributed by atoms with Crippen molar-refractivity contribution >= 4 is 29.2 Å². The summed E-state index contributed by atoms with van der Waals surface area (Å²) in [5.41, 5.74) is 1.99. The van der Waals surface area contributed by atoms with Crippen LogP contribution in [0.4, 0.5) is 5.69 Å². The third-order valence-electron chi connectivity index (χ3n) is 4.17. The van der Waals surface area contributed by atoms with Crippen molar-refractivity contribution in [2.45, 2.75) is 6.54 Å². The normalized spacial score (nSPS) is 11.0. The van der Waals surface area contributed by atoms with Gasteiger partial charge in [0.15, 0.2) is 0 Å². The van der Waals surface area contributed by atoms with Crippen LogP contribution in [-0.2, 0) is 6.54 Å². The van der Waals surface area contributed by atoms with Crippen molar-refractivity contribution in [3.63, 3.8) is 0 Å². The summed E-state index contributed by atoms with van der Waals surface area (Å²) in [5, 5.41) is 6.43. The van der Waals surface area contributed by atoms with Gasteiger partial charge in [0, 0.05) is 23.0 Å². The second kappa shape index (κ2) is 10.3. The van der Waals surface area contributed by atoms with Gasteiger partial charge in [-0.05, 0) is 60.2 Å². The van der Waals surface area contributed by atoms with E-state index in [0.717, 1.165) is 5.56 Å². The first-order valence-electron chi connectivity index (χ1n) is 9.08. The monoisotopic (exact) mass is 424 g/mol. The molecule has 0 aliphatic heterocycles. The second-order valence-electron chi connectivity index (χ2n) is 6.17. The lowest BCUT2D eigenvalue weighted by molar-refractivity contribution is 0.0977. The van der Waals surface area contributed by atoms with E-state index in [-0.39, 0.29) is 11.9 Å². The Balaban J connectivity index is 1.85. The Labute approximate surface area is 179 Å². The molecule has 3 rings (SSSR count). The number of carbonyl (C=O) groups excluding carboxylic acids is 1. The van der Waals surface area contributed by atoms with E-state index in [1.807, 2.05) is 12.1 Å². The van der Waals surface area contributed by atoms with Crippen molar-refractivity contribution in [2.75, 3.05) is 19.5 Å². The van der Waals surface area contributed by atoms with E-state index in [9.17, 15) is 4.79 Å². The van der Waals surface area contributed by atoms with E-state index in [1.165, 1.54) is 0 Å². The van der Waals surface area contributed by atoms with E-state index in [0.29, 0.717) is 34.3 Å². The zero-order valence-corrected chi connectivity index (χ0v) is 17.3. The highest BCUT2D eigenvalue weighted by Crippen LogP contribution is 2.27. The quantitative estimate of drug-likeness (QED) is 0.458. The van der Waals surface area contributed by atoms with Gasteiger partial charge in [-0.1, -0.05) is 11.6 Å². The van der Waals surface area contributed by atoms with Crippen molar-refractivity contribution in [1.29, 1.82) is 0 Å². The van der Waals surface area contributed by atoms with Gasteiger partial charge in [-0.3, -0.25) is 15.1 Å². The van der Waals surface area contributed by atoms with Crippen LogP contribution in [0.1, 0.15) is 15.9 Å². The van der Waals surface area contributed by atoms with Gasteiger partial charge in [0.2, 0.25) is 5.96 Å². The molecule has 0 saturated heterocycles. The average Bonchev–Trinajstić information content (AvgIpc) is 2.78. The summed E-state index contributed by atoms with van der Waals surface area (Å²) in [7, 11) is 3.12.